The van der Waals surface area contributed by atoms with Gasteiger partial charge in [-0.2, -0.15) is 0 Å². The standard InChI is InChI=1S/C16H21N3/c1-10-8-12(3)13(9-11(10)2)15-16(17)19-7-5-4-6-14(19)18-15/h8-9H,4-7,17H2,1-3H3. The minimum atomic E-state index is 0.834. The Hall–Kier alpha value is -1.77. The van der Waals surface area contributed by atoms with Crippen LogP contribution in [-0.2, 0) is 13.0 Å². The molecule has 2 aromatic rings. The molecule has 0 saturated carbocycles. The lowest BCUT2D eigenvalue weighted by Gasteiger charge is -2.14. The number of hydrogen-bond donors (Lipinski definition) is 1. The van der Waals surface area contributed by atoms with Crippen molar-refractivity contribution in [1.29, 1.82) is 0 Å². The monoisotopic (exact) mass is 255 g/mol. The van der Waals surface area contributed by atoms with E-state index in [1.165, 1.54) is 35.1 Å². The van der Waals surface area contributed by atoms with E-state index < -0.39 is 0 Å². The fraction of sp³-hybridized carbons (Fsp3) is 0.438. The smallest absolute Gasteiger partial charge is 0.131 e. The van der Waals surface area contributed by atoms with Gasteiger partial charge in [-0.25, -0.2) is 4.98 Å². The molecule has 0 unspecified atom stereocenters. The molecule has 3 nitrogen and oxygen atoms in total. The Morgan fingerprint density at radius 3 is 2.53 bits per heavy atom. The molecule has 0 saturated heterocycles. The molecule has 3 rings (SSSR count). The number of aromatic nitrogens is 2. The quantitative estimate of drug-likeness (QED) is 0.848. The van der Waals surface area contributed by atoms with Gasteiger partial charge in [-0.1, -0.05) is 6.07 Å². The number of benzene rings is 1. The largest absolute Gasteiger partial charge is 0.383 e. The van der Waals surface area contributed by atoms with Crippen LogP contribution < -0.4 is 5.73 Å². The van der Waals surface area contributed by atoms with E-state index in [1.807, 2.05) is 0 Å². The fourth-order valence-electron chi connectivity index (χ4n) is 2.92. The second-order valence-electron chi connectivity index (χ2n) is 5.62. The zero-order chi connectivity index (χ0) is 13.6. The number of fused-ring (bicyclic) bond motifs is 1. The highest BCUT2D eigenvalue weighted by Crippen LogP contribution is 2.32. The van der Waals surface area contributed by atoms with Crippen LogP contribution in [0.4, 0.5) is 5.82 Å². The second-order valence-corrected chi connectivity index (χ2v) is 5.62. The molecule has 0 atom stereocenters. The molecular weight excluding hydrogens is 234 g/mol. The Kier molecular flexibility index (Phi) is 2.85. The number of nitrogens with two attached hydrogens (primary N) is 1. The predicted octanol–water partition coefficient (Wildman–Crippen LogP) is 3.39. The summed E-state index contributed by atoms with van der Waals surface area (Å²) in [6, 6.07) is 4.44. The molecule has 1 aromatic heterocycles. The van der Waals surface area contributed by atoms with Crippen molar-refractivity contribution < 1.29 is 0 Å². The maximum Gasteiger partial charge on any atom is 0.131 e. The lowest BCUT2D eigenvalue weighted by atomic mass is 9.99. The van der Waals surface area contributed by atoms with Crippen molar-refractivity contribution in [3.63, 3.8) is 0 Å². The van der Waals surface area contributed by atoms with Crippen LogP contribution >= 0.6 is 0 Å². The van der Waals surface area contributed by atoms with Crippen LogP contribution in [0.1, 0.15) is 35.4 Å². The molecule has 1 aliphatic heterocycles. The summed E-state index contributed by atoms with van der Waals surface area (Å²) in [5.41, 5.74) is 12.3. The highest BCUT2D eigenvalue weighted by molar-refractivity contribution is 5.74. The Bertz CT molecular complexity index is 638. The molecule has 0 radical (unpaired) electrons. The van der Waals surface area contributed by atoms with E-state index in [0.29, 0.717) is 0 Å². The maximum atomic E-state index is 6.31. The molecule has 1 aromatic carbocycles. The van der Waals surface area contributed by atoms with E-state index >= 15 is 0 Å². The highest BCUT2D eigenvalue weighted by Gasteiger charge is 2.19. The van der Waals surface area contributed by atoms with E-state index in [1.54, 1.807) is 0 Å². The van der Waals surface area contributed by atoms with Crippen molar-refractivity contribution in [2.45, 2.75) is 46.6 Å². The van der Waals surface area contributed by atoms with Crippen molar-refractivity contribution >= 4 is 5.82 Å². The molecule has 3 heteroatoms. The van der Waals surface area contributed by atoms with Gasteiger partial charge >= 0.3 is 0 Å². The SMILES string of the molecule is Cc1cc(C)c(-c2nc3n(c2N)CCCC3)cc1C. The Balaban J connectivity index is 2.17. The van der Waals surface area contributed by atoms with Gasteiger partial charge in [0.15, 0.2) is 0 Å². The van der Waals surface area contributed by atoms with Crippen LogP contribution in [0.15, 0.2) is 12.1 Å². The Morgan fingerprint density at radius 2 is 1.79 bits per heavy atom. The van der Waals surface area contributed by atoms with Gasteiger partial charge in [-0.15, -0.1) is 0 Å². The molecule has 0 bridgehead atoms. The molecule has 19 heavy (non-hydrogen) atoms. The average Bonchev–Trinajstić information content (AvgIpc) is 2.72. The average molecular weight is 255 g/mol. The Labute approximate surface area is 114 Å². The van der Waals surface area contributed by atoms with Gasteiger partial charge in [0.1, 0.15) is 17.3 Å². The molecule has 100 valence electrons. The molecule has 0 fully saturated rings. The van der Waals surface area contributed by atoms with E-state index in [9.17, 15) is 0 Å². The molecule has 2 heterocycles. The number of imidazole rings is 1. The van der Waals surface area contributed by atoms with Crippen molar-refractivity contribution in [3.8, 4) is 11.3 Å². The third-order valence-electron chi connectivity index (χ3n) is 4.21. The van der Waals surface area contributed by atoms with Gasteiger partial charge in [-0.3, -0.25) is 0 Å². The third kappa shape index (κ3) is 1.93. The summed E-state index contributed by atoms with van der Waals surface area (Å²) in [5.74, 6) is 1.98. The van der Waals surface area contributed by atoms with Crippen molar-refractivity contribution in [2.75, 3.05) is 5.73 Å². The van der Waals surface area contributed by atoms with Crippen LogP contribution in [0, 0.1) is 20.8 Å². The first kappa shape index (κ1) is 12.3. The van der Waals surface area contributed by atoms with Gasteiger partial charge < -0.3 is 10.3 Å². The van der Waals surface area contributed by atoms with Crippen LogP contribution in [0.25, 0.3) is 11.3 Å². The second kappa shape index (κ2) is 4.41. The number of rotatable bonds is 1. The zero-order valence-corrected chi connectivity index (χ0v) is 12.0. The number of hydrogen-bond acceptors (Lipinski definition) is 2. The van der Waals surface area contributed by atoms with E-state index in [-0.39, 0.29) is 0 Å². The summed E-state index contributed by atoms with van der Waals surface area (Å²) in [5, 5.41) is 0. The minimum absolute atomic E-state index is 0.834. The van der Waals surface area contributed by atoms with Gasteiger partial charge in [0, 0.05) is 18.5 Å². The summed E-state index contributed by atoms with van der Waals surface area (Å²) >= 11 is 0. The number of anilines is 1. The predicted molar refractivity (Wildman–Crippen MR) is 79.2 cm³/mol. The van der Waals surface area contributed by atoms with Crippen LogP contribution in [0.5, 0.6) is 0 Å². The normalized spacial score (nSPS) is 14.5. The van der Waals surface area contributed by atoms with Gasteiger partial charge in [0.05, 0.1) is 0 Å². The van der Waals surface area contributed by atoms with Gasteiger partial charge in [0.2, 0.25) is 0 Å². The molecule has 0 amide bonds. The van der Waals surface area contributed by atoms with E-state index in [4.69, 9.17) is 10.7 Å². The summed E-state index contributed by atoms with van der Waals surface area (Å²) in [6.45, 7) is 7.44. The van der Waals surface area contributed by atoms with E-state index in [2.05, 4.69) is 37.5 Å². The first-order valence-electron chi connectivity index (χ1n) is 7.01. The minimum Gasteiger partial charge on any atom is -0.383 e. The molecular formula is C16H21N3. The topological polar surface area (TPSA) is 43.8 Å². The zero-order valence-electron chi connectivity index (χ0n) is 12.0. The fourth-order valence-corrected chi connectivity index (χ4v) is 2.92. The van der Waals surface area contributed by atoms with E-state index in [0.717, 1.165) is 30.3 Å². The summed E-state index contributed by atoms with van der Waals surface area (Å²) in [7, 11) is 0. The molecule has 2 N–H and O–H groups in total. The molecule has 0 spiro atoms. The molecule has 1 aliphatic rings. The van der Waals surface area contributed by atoms with Crippen molar-refractivity contribution in [1.82, 2.24) is 9.55 Å². The number of aryl methyl sites for hydroxylation is 4. The van der Waals surface area contributed by atoms with Crippen molar-refractivity contribution in [3.05, 3.63) is 34.6 Å². The highest BCUT2D eigenvalue weighted by atomic mass is 15.1. The van der Waals surface area contributed by atoms with Gasteiger partial charge in [-0.05, 0) is 56.4 Å². The first-order chi connectivity index (χ1) is 9.08. The van der Waals surface area contributed by atoms with Crippen LogP contribution in [0.2, 0.25) is 0 Å². The Morgan fingerprint density at radius 1 is 1.05 bits per heavy atom. The number of nitrogens with zero attached hydrogens (tertiary/aromatic N) is 2. The lowest BCUT2D eigenvalue weighted by Crippen LogP contribution is -2.12. The first-order valence-corrected chi connectivity index (χ1v) is 7.01. The van der Waals surface area contributed by atoms with Crippen molar-refractivity contribution in [2.24, 2.45) is 0 Å². The third-order valence-corrected chi connectivity index (χ3v) is 4.21. The summed E-state index contributed by atoms with van der Waals surface area (Å²) < 4.78 is 2.19. The maximum absolute atomic E-state index is 6.31. The summed E-state index contributed by atoms with van der Waals surface area (Å²) in [6.07, 6.45) is 3.48. The van der Waals surface area contributed by atoms with Crippen LogP contribution in [0.3, 0.4) is 0 Å². The summed E-state index contributed by atoms with van der Waals surface area (Å²) in [4.78, 5) is 4.79. The van der Waals surface area contributed by atoms with Crippen LogP contribution in [-0.4, -0.2) is 9.55 Å². The number of nitrogen functional groups attached to an aromatic ring is 1. The lowest BCUT2D eigenvalue weighted by molar-refractivity contribution is 0.527. The van der Waals surface area contributed by atoms with Gasteiger partial charge in [0.25, 0.3) is 0 Å². The molecule has 0 aliphatic carbocycles.